The van der Waals surface area contributed by atoms with Crippen LogP contribution in [0.3, 0.4) is 0 Å². The van der Waals surface area contributed by atoms with Crippen molar-refractivity contribution in [3.8, 4) is 0 Å². The number of piperazine rings is 1. The molecule has 29 heavy (non-hydrogen) atoms. The van der Waals surface area contributed by atoms with Gasteiger partial charge in [-0.2, -0.15) is 4.31 Å². The zero-order valence-corrected chi connectivity index (χ0v) is 16.4. The van der Waals surface area contributed by atoms with Crippen LogP contribution in [0.1, 0.15) is 18.5 Å². The van der Waals surface area contributed by atoms with Gasteiger partial charge in [-0.25, -0.2) is 26.4 Å². The molecule has 0 radical (unpaired) electrons. The minimum Gasteiger partial charge on any atom is -0.331 e. The molecule has 1 aliphatic rings. The number of urea groups is 1. The summed E-state index contributed by atoms with van der Waals surface area (Å²) in [5, 5.41) is 2.69. The Balaban J connectivity index is 1.60. The van der Waals surface area contributed by atoms with Crippen LogP contribution in [-0.2, 0) is 10.0 Å². The Bertz CT molecular complexity index is 1010. The Morgan fingerprint density at radius 1 is 1.00 bits per heavy atom. The molecular weight excluding hydrogens is 407 g/mol. The van der Waals surface area contributed by atoms with Crippen LogP contribution in [-0.4, -0.2) is 49.8 Å². The van der Waals surface area contributed by atoms with Crippen molar-refractivity contribution in [2.75, 3.05) is 26.2 Å². The van der Waals surface area contributed by atoms with Crippen LogP contribution in [0.2, 0.25) is 0 Å². The summed E-state index contributed by atoms with van der Waals surface area (Å²) in [4.78, 5) is 13.7. The third-order valence-corrected chi connectivity index (χ3v) is 6.64. The molecule has 3 rings (SSSR count). The van der Waals surface area contributed by atoms with Gasteiger partial charge in [-0.05, 0) is 42.8 Å². The van der Waals surface area contributed by atoms with E-state index in [-0.39, 0.29) is 31.1 Å². The van der Waals surface area contributed by atoms with E-state index < -0.39 is 39.5 Å². The SMILES string of the molecule is CC(NC(=O)N1CCN(S(=O)(=O)c2cccc(F)c2)CC1)c1ccc(F)c(F)c1. The van der Waals surface area contributed by atoms with E-state index in [4.69, 9.17) is 0 Å². The van der Waals surface area contributed by atoms with Gasteiger partial charge in [0.05, 0.1) is 10.9 Å². The van der Waals surface area contributed by atoms with E-state index in [0.29, 0.717) is 5.56 Å². The maximum Gasteiger partial charge on any atom is 0.317 e. The fraction of sp³-hybridized carbons (Fsp3) is 0.316. The van der Waals surface area contributed by atoms with Gasteiger partial charge in [-0.3, -0.25) is 0 Å². The lowest BCUT2D eigenvalue weighted by Gasteiger charge is -2.34. The van der Waals surface area contributed by atoms with Crippen LogP contribution in [0.15, 0.2) is 47.4 Å². The molecule has 2 amide bonds. The Kier molecular flexibility index (Phi) is 6.13. The monoisotopic (exact) mass is 427 g/mol. The number of halogens is 3. The van der Waals surface area contributed by atoms with Crippen molar-refractivity contribution in [2.45, 2.75) is 17.9 Å². The molecule has 0 aromatic heterocycles. The second kappa shape index (κ2) is 8.42. The van der Waals surface area contributed by atoms with Crippen LogP contribution >= 0.6 is 0 Å². The molecule has 2 aromatic rings. The molecule has 0 aliphatic carbocycles. The Morgan fingerprint density at radius 2 is 1.69 bits per heavy atom. The Morgan fingerprint density at radius 3 is 2.31 bits per heavy atom. The summed E-state index contributed by atoms with van der Waals surface area (Å²) >= 11 is 0. The molecule has 156 valence electrons. The second-order valence-corrected chi connectivity index (χ2v) is 8.63. The second-order valence-electron chi connectivity index (χ2n) is 6.69. The highest BCUT2D eigenvalue weighted by molar-refractivity contribution is 7.89. The van der Waals surface area contributed by atoms with Crippen molar-refractivity contribution >= 4 is 16.1 Å². The number of nitrogens with zero attached hydrogens (tertiary/aromatic N) is 2. The third kappa shape index (κ3) is 4.70. The third-order valence-electron chi connectivity index (χ3n) is 4.74. The molecule has 0 spiro atoms. The number of hydrogen-bond acceptors (Lipinski definition) is 3. The first-order valence-electron chi connectivity index (χ1n) is 8.94. The lowest BCUT2D eigenvalue weighted by atomic mass is 10.1. The van der Waals surface area contributed by atoms with E-state index in [1.807, 2.05) is 0 Å². The van der Waals surface area contributed by atoms with E-state index in [1.165, 1.54) is 27.4 Å². The van der Waals surface area contributed by atoms with Crippen LogP contribution in [0, 0.1) is 17.5 Å². The molecule has 10 heteroatoms. The zero-order valence-electron chi connectivity index (χ0n) is 15.6. The summed E-state index contributed by atoms with van der Waals surface area (Å²) in [6.45, 7) is 2.04. The van der Waals surface area contributed by atoms with Gasteiger partial charge in [0, 0.05) is 26.2 Å². The maximum atomic E-state index is 13.4. The molecule has 1 aliphatic heterocycles. The molecule has 0 bridgehead atoms. The average Bonchev–Trinajstić information content (AvgIpc) is 2.70. The summed E-state index contributed by atoms with van der Waals surface area (Å²) in [5.74, 6) is -2.61. The highest BCUT2D eigenvalue weighted by Crippen LogP contribution is 2.20. The van der Waals surface area contributed by atoms with Gasteiger partial charge in [-0.15, -0.1) is 0 Å². The molecule has 1 fully saturated rings. The molecule has 1 saturated heterocycles. The van der Waals surface area contributed by atoms with Crippen LogP contribution < -0.4 is 5.32 Å². The molecule has 1 N–H and O–H groups in total. The van der Waals surface area contributed by atoms with E-state index in [0.717, 1.165) is 24.3 Å². The minimum absolute atomic E-state index is 0.0613. The first-order chi connectivity index (χ1) is 13.7. The molecule has 2 aromatic carbocycles. The molecule has 1 heterocycles. The number of carbonyl (C=O) groups excluding carboxylic acids is 1. The van der Waals surface area contributed by atoms with E-state index in [1.54, 1.807) is 6.92 Å². The zero-order chi connectivity index (χ0) is 21.2. The average molecular weight is 427 g/mol. The van der Waals surface area contributed by atoms with Crippen molar-refractivity contribution in [3.63, 3.8) is 0 Å². The highest BCUT2D eigenvalue weighted by atomic mass is 32.2. The fourth-order valence-electron chi connectivity index (χ4n) is 3.05. The van der Waals surface area contributed by atoms with Crippen LogP contribution in [0.25, 0.3) is 0 Å². The van der Waals surface area contributed by atoms with Gasteiger partial charge in [0.25, 0.3) is 0 Å². The lowest BCUT2D eigenvalue weighted by Crippen LogP contribution is -2.53. The Hall–Kier alpha value is -2.59. The van der Waals surface area contributed by atoms with Gasteiger partial charge >= 0.3 is 6.03 Å². The maximum absolute atomic E-state index is 13.4. The van der Waals surface area contributed by atoms with E-state index in [9.17, 15) is 26.4 Å². The Labute approximate surface area is 167 Å². The number of hydrogen-bond donors (Lipinski definition) is 1. The minimum atomic E-state index is -3.85. The first-order valence-corrected chi connectivity index (χ1v) is 10.4. The number of rotatable bonds is 4. The van der Waals surface area contributed by atoms with Crippen LogP contribution in [0.4, 0.5) is 18.0 Å². The van der Waals surface area contributed by atoms with Gasteiger partial charge < -0.3 is 10.2 Å². The molecule has 6 nitrogen and oxygen atoms in total. The number of amides is 2. The standard InChI is InChI=1S/C19H20F3N3O3S/c1-13(14-5-6-17(21)18(22)11-14)23-19(26)24-7-9-25(10-8-24)29(27,28)16-4-2-3-15(20)12-16/h2-6,11-13H,7-10H2,1H3,(H,23,26). The topological polar surface area (TPSA) is 69.7 Å². The van der Waals surface area contributed by atoms with Crippen molar-refractivity contribution in [2.24, 2.45) is 0 Å². The van der Waals surface area contributed by atoms with E-state index >= 15 is 0 Å². The largest absolute Gasteiger partial charge is 0.331 e. The summed E-state index contributed by atoms with van der Waals surface area (Å²) < 4.78 is 66.2. The summed E-state index contributed by atoms with van der Waals surface area (Å²) in [7, 11) is -3.85. The number of carbonyl (C=O) groups is 1. The normalized spacial score (nSPS) is 16.5. The molecule has 1 atom stereocenters. The van der Waals surface area contributed by atoms with Gasteiger partial charge in [0.15, 0.2) is 11.6 Å². The van der Waals surface area contributed by atoms with Crippen molar-refractivity contribution in [1.29, 1.82) is 0 Å². The van der Waals surface area contributed by atoms with Gasteiger partial charge in [-0.1, -0.05) is 12.1 Å². The first kappa shape index (κ1) is 21.1. The summed E-state index contributed by atoms with van der Waals surface area (Å²) in [6.07, 6.45) is 0. The quantitative estimate of drug-likeness (QED) is 0.816. The smallest absolute Gasteiger partial charge is 0.317 e. The lowest BCUT2D eigenvalue weighted by molar-refractivity contribution is 0.169. The van der Waals surface area contributed by atoms with Gasteiger partial charge in [0.2, 0.25) is 10.0 Å². The van der Waals surface area contributed by atoms with Crippen LogP contribution in [0.5, 0.6) is 0 Å². The van der Waals surface area contributed by atoms with Crippen molar-refractivity contribution < 1.29 is 26.4 Å². The summed E-state index contributed by atoms with van der Waals surface area (Å²) in [6, 6.07) is 7.15. The van der Waals surface area contributed by atoms with E-state index in [2.05, 4.69) is 5.32 Å². The van der Waals surface area contributed by atoms with Crippen molar-refractivity contribution in [3.05, 3.63) is 65.5 Å². The molecule has 1 unspecified atom stereocenters. The summed E-state index contributed by atoms with van der Waals surface area (Å²) in [5.41, 5.74) is 0.407. The molecule has 0 saturated carbocycles. The predicted octanol–water partition coefficient (Wildman–Crippen LogP) is 2.88. The molecular formula is C19H20F3N3O3S. The fourth-order valence-corrected chi connectivity index (χ4v) is 4.50. The van der Waals surface area contributed by atoms with Crippen molar-refractivity contribution in [1.82, 2.24) is 14.5 Å². The number of benzene rings is 2. The highest BCUT2D eigenvalue weighted by Gasteiger charge is 2.30. The predicted molar refractivity (Wildman–Crippen MR) is 100 cm³/mol. The van der Waals surface area contributed by atoms with Gasteiger partial charge in [0.1, 0.15) is 5.82 Å². The number of nitrogens with one attached hydrogen (secondary N) is 1. The number of sulfonamides is 1.